The second-order valence-electron chi connectivity index (χ2n) is 7.33. The molecule has 0 atom stereocenters. The predicted octanol–water partition coefficient (Wildman–Crippen LogP) is 1.69. The summed E-state index contributed by atoms with van der Waals surface area (Å²) in [5, 5.41) is 11.5. The number of hydrogen-bond donors (Lipinski definition) is 1. The molecule has 0 aliphatic rings. The van der Waals surface area contributed by atoms with E-state index in [0.717, 1.165) is 11.3 Å². The number of amides is 1. The van der Waals surface area contributed by atoms with Crippen LogP contribution in [0.2, 0.25) is 0 Å². The maximum absolute atomic E-state index is 12.7. The van der Waals surface area contributed by atoms with E-state index >= 15 is 0 Å². The number of aromatic nitrogens is 6. The molecule has 3 aromatic heterocycles. The van der Waals surface area contributed by atoms with Crippen LogP contribution >= 0.6 is 0 Å². The molecule has 1 N–H and O–H groups in total. The van der Waals surface area contributed by atoms with Crippen LogP contribution in [-0.4, -0.2) is 42.0 Å². The van der Waals surface area contributed by atoms with Gasteiger partial charge in [-0.05, 0) is 26.0 Å². The lowest BCUT2D eigenvalue weighted by Gasteiger charge is -2.11. The van der Waals surface area contributed by atoms with E-state index in [-0.39, 0.29) is 23.8 Å². The number of fused-ring (bicyclic) bond motifs is 1. The molecule has 0 radical (unpaired) electrons. The molecule has 0 spiro atoms. The van der Waals surface area contributed by atoms with Gasteiger partial charge < -0.3 is 14.6 Å². The van der Waals surface area contributed by atoms with E-state index in [4.69, 9.17) is 4.74 Å². The average Bonchev–Trinajstić information content (AvgIpc) is 3.32. The van der Waals surface area contributed by atoms with Crippen molar-refractivity contribution in [2.45, 2.75) is 27.0 Å². The molecule has 0 bridgehead atoms. The Labute approximate surface area is 178 Å². The zero-order valence-corrected chi connectivity index (χ0v) is 17.8. The first kappa shape index (κ1) is 20.5. The van der Waals surface area contributed by atoms with Crippen molar-refractivity contribution in [3.05, 3.63) is 63.8 Å². The summed E-state index contributed by atoms with van der Waals surface area (Å²) in [4.78, 5) is 29.8. The maximum Gasteiger partial charge on any atom is 0.275 e. The molecule has 31 heavy (non-hydrogen) atoms. The minimum atomic E-state index is -0.321. The lowest BCUT2D eigenvalue weighted by molar-refractivity contribution is -0.116. The summed E-state index contributed by atoms with van der Waals surface area (Å²) in [6.45, 7) is 4.05. The summed E-state index contributed by atoms with van der Waals surface area (Å²) in [6.07, 6.45) is 1.63. The third kappa shape index (κ3) is 3.97. The Hall–Kier alpha value is -3.79. The van der Waals surface area contributed by atoms with Gasteiger partial charge in [0.05, 0.1) is 24.1 Å². The summed E-state index contributed by atoms with van der Waals surface area (Å²) < 4.78 is 9.78. The van der Waals surface area contributed by atoms with Gasteiger partial charge in [-0.3, -0.25) is 14.3 Å². The van der Waals surface area contributed by atoms with E-state index in [1.54, 1.807) is 36.5 Å². The summed E-state index contributed by atoms with van der Waals surface area (Å²) >= 11 is 0. The van der Waals surface area contributed by atoms with Crippen molar-refractivity contribution < 1.29 is 9.53 Å². The molecular formula is C21H23N7O3. The van der Waals surface area contributed by atoms with Crippen molar-refractivity contribution in [3.63, 3.8) is 0 Å². The smallest absolute Gasteiger partial charge is 0.275 e. The number of hydrogen-bond acceptors (Lipinski definition) is 6. The molecule has 1 amide bonds. The molecule has 160 valence electrons. The van der Waals surface area contributed by atoms with Gasteiger partial charge in [-0.2, -0.15) is 14.6 Å². The minimum Gasteiger partial charge on any atom is -0.378 e. The van der Waals surface area contributed by atoms with E-state index in [0.29, 0.717) is 29.4 Å². The lowest BCUT2D eigenvalue weighted by Crippen LogP contribution is -2.25. The molecule has 0 aliphatic carbocycles. The Bertz CT molecular complexity index is 1320. The van der Waals surface area contributed by atoms with E-state index in [2.05, 4.69) is 20.5 Å². The van der Waals surface area contributed by atoms with E-state index in [9.17, 15) is 9.59 Å². The highest BCUT2D eigenvalue weighted by Crippen LogP contribution is 2.21. The number of methoxy groups -OCH3 is 1. The average molecular weight is 421 g/mol. The van der Waals surface area contributed by atoms with Crippen LogP contribution in [0.3, 0.4) is 0 Å². The SMILES string of the molecule is COCc1c(-c2nc3n(CC(=O)Nc4ccc(C)cc4)c(C)cc(=O)n3n2)cnn1C. The van der Waals surface area contributed by atoms with Crippen LogP contribution < -0.4 is 10.9 Å². The number of nitrogens with one attached hydrogen (secondary N) is 1. The first-order valence-electron chi connectivity index (χ1n) is 9.71. The number of aryl methyl sites for hydroxylation is 3. The second kappa shape index (κ2) is 8.15. The normalized spacial score (nSPS) is 11.2. The standard InChI is InChI=1S/C21H23N7O3/c1-13-5-7-15(8-6-13)23-18(29)11-27-14(2)9-19(30)28-21(27)24-20(25-28)16-10-22-26(3)17(16)12-31-4/h5-10H,11-12H2,1-4H3,(H,23,29). The van der Waals surface area contributed by atoms with E-state index < -0.39 is 0 Å². The summed E-state index contributed by atoms with van der Waals surface area (Å²) in [5.41, 5.74) is 3.55. The molecule has 0 aliphatic heterocycles. The molecule has 3 heterocycles. The number of nitrogens with zero attached hydrogens (tertiary/aromatic N) is 6. The van der Waals surface area contributed by atoms with Gasteiger partial charge in [0.25, 0.3) is 5.56 Å². The zero-order valence-electron chi connectivity index (χ0n) is 17.8. The Kier molecular flexibility index (Phi) is 5.38. The Balaban J connectivity index is 1.72. The number of ether oxygens (including phenoxy) is 1. The second-order valence-corrected chi connectivity index (χ2v) is 7.33. The highest BCUT2D eigenvalue weighted by Gasteiger charge is 2.19. The van der Waals surface area contributed by atoms with E-state index in [1.807, 2.05) is 31.2 Å². The monoisotopic (exact) mass is 421 g/mol. The first-order valence-corrected chi connectivity index (χ1v) is 9.71. The predicted molar refractivity (Wildman–Crippen MR) is 115 cm³/mol. The molecule has 10 nitrogen and oxygen atoms in total. The van der Waals surface area contributed by atoms with Crippen molar-refractivity contribution in [2.24, 2.45) is 7.05 Å². The fourth-order valence-electron chi connectivity index (χ4n) is 3.35. The van der Waals surface area contributed by atoms with Gasteiger partial charge in [0.1, 0.15) is 6.54 Å². The number of carbonyl (C=O) groups is 1. The van der Waals surface area contributed by atoms with Crippen LogP contribution in [0.1, 0.15) is 17.0 Å². The van der Waals surface area contributed by atoms with Gasteiger partial charge in [0.15, 0.2) is 5.82 Å². The van der Waals surface area contributed by atoms with Crippen molar-refractivity contribution in [1.29, 1.82) is 0 Å². The third-order valence-corrected chi connectivity index (χ3v) is 5.02. The number of anilines is 1. The molecule has 10 heteroatoms. The molecule has 4 aromatic rings. The van der Waals surface area contributed by atoms with Crippen LogP contribution in [-0.2, 0) is 29.7 Å². The van der Waals surface area contributed by atoms with Crippen molar-refractivity contribution >= 4 is 17.4 Å². The third-order valence-electron chi connectivity index (χ3n) is 5.02. The van der Waals surface area contributed by atoms with Gasteiger partial charge in [0.2, 0.25) is 11.7 Å². The van der Waals surface area contributed by atoms with Crippen LogP contribution in [0.25, 0.3) is 17.2 Å². The Morgan fingerprint density at radius 1 is 1.19 bits per heavy atom. The minimum absolute atomic E-state index is 0.0143. The molecule has 0 unspecified atom stereocenters. The summed E-state index contributed by atoms with van der Waals surface area (Å²) in [6, 6.07) is 8.97. The number of rotatable bonds is 6. The fraction of sp³-hybridized carbons (Fsp3) is 0.286. The van der Waals surface area contributed by atoms with Crippen LogP contribution in [0, 0.1) is 13.8 Å². The number of benzene rings is 1. The van der Waals surface area contributed by atoms with Gasteiger partial charge in [-0.1, -0.05) is 17.7 Å². The highest BCUT2D eigenvalue weighted by atomic mass is 16.5. The van der Waals surface area contributed by atoms with Crippen LogP contribution in [0.15, 0.2) is 41.3 Å². The maximum atomic E-state index is 12.7. The van der Waals surface area contributed by atoms with Gasteiger partial charge in [-0.15, -0.1) is 5.10 Å². The van der Waals surface area contributed by atoms with Gasteiger partial charge in [-0.25, -0.2) is 0 Å². The van der Waals surface area contributed by atoms with E-state index in [1.165, 1.54) is 10.6 Å². The molecular weight excluding hydrogens is 398 g/mol. The molecule has 0 saturated carbocycles. The van der Waals surface area contributed by atoms with Crippen LogP contribution in [0.5, 0.6) is 0 Å². The first-order chi connectivity index (χ1) is 14.9. The van der Waals surface area contributed by atoms with Gasteiger partial charge in [0, 0.05) is 31.6 Å². The lowest BCUT2D eigenvalue weighted by atomic mass is 10.2. The topological polar surface area (TPSA) is 108 Å². The largest absolute Gasteiger partial charge is 0.378 e. The van der Waals surface area contributed by atoms with Gasteiger partial charge >= 0.3 is 0 Å². The quantitative estimate of drug-likeness (QED) is 0.508. The molecule has 0 saturated heterocycles. The summed E-state index contributed by atoms with van der Waals surface area (Å²) in [5.74, 6) is 0.394. The zero-order chi connectivity index (χ0) is 22.1. The van der Waals surface area contributed by atoms with Crippen molar-refractivity contribution in [2.75, 3.05) is 12.4 Å². The Morgan fingerprint density at radius 3 is 2.65 bits per heavy atom. The summed E-state index contributed by atoms with van der Waals surface area (Å²) in [7, 11) is 3.39. The highest BCUT2D eigenvalue weighted by molar-refractivity contribution is 5.90. The van der Waals surface area contributed by atoms with Crippen molar-refractivity contribution in [3.8, 4) is 11.4 Å². The molecule has 4 rings (SSSR count). The number of carbonyl (C=O) groups excluding carboxylic acids is 1. The molecule has 0 fully saturated rings. The fourth-order valence-corrected chi connectivity index (χ4v) is 3.35. The van der Waals surface area contributed by atoms with Crippen LogP contribution in [0.4, 0.5) is 5.69 Å². The molecule has 1 aromatic carbocycles. The Morgan fingerprint density at radius 2 is 1.94 bits per heavy atom. The van der Waals surface area contributed by atoms with Crippen molar-refractivity contribution in [1.82, 2.24) is 28.9 Å².